The van der Waals surface area contributed by atoms with Gasteiger partial charge in [-0.2, -0.15) is 0 Å². The third-order valence-electron chi connectivity index (χ3n) is 2.93. The Labute approximate surface area is 110 Å². The summed E-state index contributed by atoms with van der Waals surface area (Å²) in [5, 5.41) is 23.0. The number of aromatic hydroxyl groups is 2. The molecule has 0 fully saturated rings. The van der Waals surface area contributed by atoms with Crippen LogP contribution in [-0.4, -0.2) is 34.8 Å². The molecule has 6 nitrogen and oxygen atoms in total. The minimum absolute atomic E-state index is 0.00432. The number of methoxy groups -OCH3 is 1. The number of ether oxygens (including phenoxy) is 1. The monoisotopic (exact) mass is 264 g/mol. The Morgan fingerprint density at radius 1 is 1.42 bits per heavy atom. The maximum absolute atomic E-state index is 10.8. The predicted octanol–water partition coefficient (Wildman–Crippen LogP) is 1.27. The molecule has 0 aliphatic heterocycles. The summed E-state index contributed by atoms with van der Waals surface area (Å²) in [6.07, 6.45) is 0.485. The Balaban J connectivity index is 2.36. The van der Waals surface area contributed by atoms with Gasteiger partial charge in [-0.15, -0.1) is 0 Å². The van der Waals surface area contributed by atoms with Gasteiger partial charge in [0.15, 0.2) is 17.4 Å². The summed E-state index contributed by atoms with van der Waals surface area (Å²) in [4.78, 5) is 13.6. The van der Waals surface area contributed by atoms with Crippen LogP contribution in [0.2, 0.25) is 0 Å². The van der Waals surface area contributed by atoms with E-state index in [1.165, 1.54) is 20.1 Å². The molecule has 6 heteroatoms. The molecular formula is C13H16N2O4. The minimum atomic E-state index is -0.116. The number of benzene rings is 1. The van der Waals surface area contributed by atoms with Gasteiger partial charge in [0.2, 0.25) is 5.91 Å². The Kier molecular flexibility index (Phi) is 3.50. The van der Waals surface area contributed by atoms with Gasteiger partial charge in [0.05, 0.1) is 12.6 Å². The first-order valence-electron chi connectivity index (χ1n) is 5.88. The van der Waals surface area contributed by atoms with Crippen molar-refractivity contribution in [1.82, 2.24) is 10.3 Å². The second-order valence-corrected chi connectivity index (χ2v) is 4.25. The molecule has 0 aliphatic rings. The van der Waals surface area contributed by atoms with Gasteiger partial charge < -0.3 is 25.3 Å². The van der Waals surface area contributed by atoms with Crippen molar-refractivity contribution >= 4 is 16.8 Å². The lowest BCUT2D eigenvalue weighted by atomic mass is 10.1. The number of carbonyl (C=O) groups is 1. The molecule has 2 aromatic rings. The van der Waals surface area contributed by atoms with E-state index in [9.17, 15) is 15.0 Å². The third kappa shape index (κ3) is 2.57. The van der Waals surface area contributed by atoms with E-state index < -0.39 is 0 Å². The molecular weight excluding hydrogens is 248 g/mol. The Bertz CT molecular complexity index is 619. The van der Waals surface area contributed by atoms with E-state index in [1.54, 1.807) is 6.07 Å². The first kappa shape index (κ1) is 13.1. The molecule has 0 saturated carbocycles. The molecule has 4 N–H and O–H groups in total. The highest BCUT2D eigenvalue weighted by atomic mass is 16.5. The molecule has 2 rings (SSSR count). The summed E-state index contributed by atoms with van der Waals surface area (Å²) in [6, 6.07) is 3.15. The van der Waals surface area contributed by atoms with Gasteiger partial charge in [0.1, 0.15) is 0 Å². The van der Waals surface area contributed by atoms with Crippen molar-refractivity contribution in [3.63, 3.8) is 0 Å². The highest BCUT2D eigenvalue weighted by Crippen LogP contribution is 2.35. The van der Waals surface area contributed by atoms with Gasteiger partial charge in [-0.3, -0.25) is 4.79 Å². The smallest absolute Gasteiger partial charge is 0.216 e. The van der Waals surface area contributed by atoms with Gasteiger partial charge in [0, 0.05) is 30.5 Å². The quantitative estimate of drug-likeness (QED) is 0.668. The number of rotatable bonds is 4. The molecule has 1 heterocycles. The molecule has 1 aromatic carbocycles. The minimum Gasteiger partial charge on any atom is -0.504 e. The number of hydrogen-bond acceptors (Lipinski definition) is 4. The second-order valence-electron chi connectivity index (χ2n) is 4.25. The molecule has 0 aliphatic carbocycles. The first-order valence-corrected chi connectivity index (χ1v) is 5.88. The second kappa shape index (κ2) is 5.09. The largest absolute Gasteiger partial charge is 0.504 e. The zero-order chi connectivity index (χ0) is 14.0. The van der Waals surface area contributed by atoms with Crippen LogP contribution in [-0.2, 0) is 11.2 Å². The van der Waals surface area contributed by atoms with E-state index in [1.807, 2.05) is 0 Å². The molecule has 0 spiro atoms. The van der Waals surface area contributed by atoms with Crippen molar-refractivity contribution < 1.29 is 19.7 Å². The van der Waals surface area contributed by atoms with Crippen LogP contribution in [0, 0.1) is 0 Å². The van der Waals surface area contributed by atoms with Crippen molar-refractivity contribution in [2.45, 2.75) is 13.3 Å². The average Bonchev–Trinajstić information content (AvgIpc) is 2.63. The molecule has 19 heavy (non-hydrogen) atoms. The summed E-state index contributed by atoms with van der Waals surface area (Å²) in [7, 11) is 1.46. The summed E-state index contributed by atoms with van der Waals surface area (Å²) >= 11 is 0. The van der Waals surface area contributed by atoms with Gasteiger partial charge in [-0.05, 0) is 12.5 Å². The standard InChI is InChI=1S/C13H16N2O4/c1-7(16)14-4-3-8-9-5-12(19-2)11(17)6-10(9)15-13(8)18/h5-6,15,17-18H,3-4H2,1-2H3,(H,14,16). The maximum Gasteiger partial charge on any atom is 0.216 e. The maximum atomic E-state index is 10.8. The van der Waals surface area contributed by atoms with Gasteiger partial charge in [0.25, 0.3) is 0 Å². The fourth-order valence-electron chi connectivity index (χ4n) is 2.03. The topological polar surface area (TPSA) is 94.6 Å². The Hall–Kier alpha value is -2.37. The molecule has 0 unspecified atom stereocenters. The zero-order valence-corrected chi connectivity index (χ0v) is 10.8. The normalized spacial score (nSPS) is 10.6. The number of carbonyl (C=O) groups excluding carboxylic acids is 1. The average molecular weight is 264 g/mol. The lowest BCUT2D eigenvalue weighted by Gasteiger charge is -2.05. The highest BCUT2D eigenvalue weighted by Gasteiger charge is 2.14. The molecule has 0 bridgehead atoms. The molecule has 0 saturated heterocycles. The molecule has 102 valence electrons. The molecule has 0 atom stereocenters. The van der Waals surface area contributed by atoms with Crippen molar-refractivity contribution in [2.75, 3.05) is 13.7 Å². The molecule has 1 amide bonds. The van der Waals surface area contributed by atoms with Crippen LogP contribution in [0.1, 0.15) is 12.5 Å². The van der Waals surface area contributed by atoms with Gasteiger partial charge >= 0.3 is 0 Å². The Morgan fingerprint density at radius 2 is 2.16 bits per heavy atom. The van der Waals surface area contributed by atoms with Crippen LogP contribution >= 0.6 is 0 Å². The SMILES string of the molecule is COc1cc2c(CCNC(C)=O)c(O)[nH]c2cc1O. The van der Waals surface area contributed by atoms with E-state index in [2.05, 4.69) is 10.3 Å². The first-order chi connectivity index (χ1) is 9.02. The number of fused-ring (bicyclic) bond motifs is 1. The fraction of sp³-hybridized carbons (Fsp3) is 0.308. The van der Waals surface area contributed by atoms with Gasteiger partial charge in [-0.1, -0.05) is 0 Å². The Morgan fingerprint density at radius 3 is 2.79 bits per heavy atom. The zero-order valence-electron chi connectivity index (χ0n) is 10.8. The fourth-order valence-corrected chi connectivity index (χ4v) is 2.03. The lowest BCUT2D eigenvalue weighted by Crippen LogP contribution is -2.22. The number of hydrogen-bond donors (Lipinski definition) is 4. The summed E-state index contributed by atoms with van der Waals surface area (Å²) in [6.45, 7) is 1.87. The molecule has 0 radical (unpaired) electrons. The number of amides is 1. The lowest BCUT2D eigenvalue weighted by molar-refractivity contribution is -0.118. The number of phenolic OH excluding ortho intramolecular Hbond substituents is 1. The summed E-state index contributed by atoms with van der Waals surface area (Å²) in [5.41, 5.74) is 1.30. The van der Waals surface area contributed by atoms with E-state index in [-0.39, 0.29) is 17.5 Å². The van der Waals surface area contributed by atoms with Crippen LogP contribution in [0.15, 0.2) is 12.1 Å². The van der Waals surface area contributed by atoms with Crippen molar-refractivity contribution in [2.24, 2.45) is 0 Å². The van der Waals surface area contributed by atoms with Crippen molar-refractivity contribution in [3.8, 4) is 17.4 Å². The van der Waals surface area contributed by atoms with E-state index in [0.717, 1.165) is 5.39 Å². The third-order valence-corrected chi connectivity index (χ3v) is 2.93. The number of aromatic amines is 1. The predicted molar refractivity (Wildman–Crippen MR) is 70.6 cm³/mol. The van der Waals surface area contributed by atoms with E-state index >= 15 is 0 Å². The number of phenols is 1. The van der Waals surface area contributed by atoms with Crippen LogP contribution < -0.4 is 10.1 Å². The van der Waals surface area contributed by atoms with Crippen molar-refractivity contribution in [1.29, 1.82) is 0 Å². The van der Waals surface area contributed by atoms with Crippen LogP contribution in [0.3, 0.4) is 0 Å². The van der Waals surface area contributed by atoms with E-state index in [0.29, 0.717) is 29.8 Å². The van der Waals surface area contributed by atoms with E-state index in [4.69, 9.17) is 4.74 Å². The van der Waals surface area contributed by atoms with Crippen LogP contribution in [0.4, 0.5) is 0 Å². The number of aromatic nitrogens is 1. The van der Waals surface area contributed by atoms with Crippen LogP contribution in [0.5, 0.6) is 17.4 Å². The highest BCUT2D eigenvalue weighted by molar-refractivity contribution is 5.89. The number of nitrogens with one attached hydrogen (secondary N) is 2. The van der Waals surface area contributed by atoms with Crippen LogP contribution in [0.25, 0.3) is 10.9 Å². The molecule has 1 aromatic heterocycles. The van der Waals surface area contributed by atoms with Crippen molar-refractivity contribution in [3.05, 3.63) is 17.7 Å². The summed E-state index contributed by atoms with van der Waals surface area (Å²) in [5.74, 6) is 0.263. The summed E-state index contributed by atoms with van der Waals surface area (Å²) < 4.78 is 5.04. The van der Waals surface area contributed by atoms with Gasteiger partial charge in [-0.25, -0.2) is 0 Å². The number of H-pyrrole nitrogens is 1.